The number of rotatable bonds is 6. The Morgan fingerprint density at radius 1 is 0.719 bits per heavy atom. The van der Waals surface area contributed by atoms with Crippen molar-refractivity contribution >= 4 is 35.5 Å². The molecule has 0 saturated carbocycles. The first-order valence-corrected chi connectivity index (χ1v) is 10.2. The summed E-state index contributed by atoms with van der Waals surface area (Å²) in [5.41, 5.74) is 14.2. The molecule has 0 bridgehead atoms. The van der Waals surface area contributed by atoms with Crippen LogP contribution in [0.15, 0.2) is 60.7 Å². The zero-order valence-electron chi connectivity index (χ0n) is 17.3. The fraction of sp³-hybridized carbons (Fsp3) is 0.250. The molecule has 2 fully saturated rings. The zero-order valence-corrected chi connectivity index (χ0v) is 17.3. The van der Waals surface area contributed by atoms with Crippen molar-refractivity contribution in [3.05, 3.63) is 71.8 Å². The molecule has 8 nitrogen and oxygen atoms in total. The molecule has 2 aromatic carbocycles. The number of carbonyl (C=O) groups is 2. The predicted molar refractivity (Wildman–Crippen MR) is 119 cm³/mol. The van der Waals surface area contributed by atoms with Crippen molar-refractivity contribution in [3.63, 3.8) is 0 Å². The highest BCUT2D eigenvalue weighted by molar-refractivity contribution is 5.88. The van der Waals surface area contributed by atoms with Gasteiger partial charge in [0.15, 0.2) is 12.2 Å². The Bertz CT molecular complexity index is 932. The summed E-state index contributed by atoms with van der Waals surface area (Å²) in [4.78, 5) is 24.4. The topological polar surface area (TPSA) is 123 Å². The van der Waals surface area contributed by atoms with Gasteiger partial charge in [-0.3, -0.25) is 0 Å². The first-order chi connectivity index (χ1) is 15.5. The highest BCUT2D eigenvalue weighted by atomic mass is 16.7. The first-order valence-electron chi connectivity index (χ1n) is 10.2. The van der Waals surface area contributed by atoms with Gasteiger partial charge in [0.05, 0.1) is 13.2 Å². The van der Waals surface area contributed by atoms with Crippen molar-refractivity contribution in [1.29, 1.82) is 0 Å². The average Bonchev–Trinajstić information content (AvgIpc) is 3.36. The maximum absolute atomic E-state index is 12.2. The number of esters is 2. The molecule has 2 aliphatic heterocycles. The first kappa shape index (κ1) is 21.6. The van der Waals surface area contributed by atoms with Crippen LogP contribution >= 0.6 is 0 Å². The number of hydrogen-bond donors (Lipinski definition) is 2. The number of ether oxygens (including phenoxy) is 4. The summed E-state index contributed by atoms with van der Waals surface area (Å²) < 4.78 is 22.3. The number of nitrogens with two attached hydrogens (primary N) is 2. The fourth-order valence-corrected chi connectivity index (χ4v) is 3.55. The van der Waals surface area contributed by atoms with Crippen molar-refractivity contribution in [3.8, 4) is 0 Å². The monoisotopic (exact) mass is 436 g/mol. The van der Waals surface area contributed by atoms with Gasteiger partial charge in [-0.05, 0) is 47.5 Å². The van der Waals surface area contributed by atoms with E-state index in [9.17, 15) is 9.59 Å². The Morgan fingerprint density at radius 2 is 1.09 bits per heavy atom. The molecular formula is C24H24N2O6. The molecule has 2 aromatic rings. The van der Waals surface area contributed by atoms with Crippen molar-refractivity contribution in [2.45, 2.75) is 24.4 Å². The van der Waals surface area contributed by atoms with Gasteiger partial charge in [0.2, 0.25) is 0 Å². The van der Waals surface area contributed by atoms with Crippen molar-refractivity contribution < 1.29 is 28.5 Å². The maximum Gasteiger partial charge on any atom is 0.331 e. The third kappa shape index (κ3) is 5.35. The molecule has 0 unspecified atom stereocenters. The average molecular weight is 436 g/mol. The second kappa shape index (κ2) is 9.67. The van der Waals surface area contributed by atoms with Crippen molar-refractivity contribution in [2.24, 2.45) is 0 Å². The lowest BCUT2D eigenvalue weighted by Crippen LogP contribution is -2.35. The van der Waals surface area contributed by atoms with E-state index in [2.05, 4.69) is 0 Å². The molecule has 4 N–H and O–H groups in total. The highest BCUT2D eigenvalue weighted by Gasteiger charge is 2.50. The molecule has 4 rings (SSSR count). The smallest absolute Gasteiger partial charge is 0.331 e. The minimum Gasteiger partial charge on any atom is -0.454 e. The van der Waals surface area contributed by atoms with E-state index >= 15 is 0 Å². The molecule has 0 amide bonds. The van der Waals surface area contributed by atoms with Gasteiger partial charge < -0.3 is 30.4 Å². The lowest BCUT2D eigenvalue weighted by atomic mass is 10.1. The Balaban J connectivity index is 1.27. The zero-order chi connectivity index (χ0) is 22.5. The van der Waals surface area contributed by atoms with E-state index in [-0.39, 0.29) is 13.2 Å². The van der Waals surface area contributed by atoms with Gasteiger partial charge in [-0.2, -0.15) is 0 Å². The van der Waals surface area contributed by atoms with E-state index in [1.54, 1.807) is 60.7 Å². The van der Waals surface area contributed by atoms with E-state index in [1.165, 1.54) is 12.2 Å². The summed E-state index contributed by atoms with van der Waals surface area (Å²) >= 11 is 0. The molecule has 166 valence electrons. The largest absolute Gasteiger partial charge is 0.454 e. The maximum atomic E-state index is 12.2. The summed E-state index contributed by atoms with van der Waals surface area (Å²) in [7, 11) is 0. The van der Waals surface area contributed by atoms with Gasteiger partial charge >= 0.3 is 11.9 Å². The van der Waals surface area contributed by atoms with Gasteiger partial charge in [0, 0.05) is 23.5 Å². The van der Waals surface area contributed by atoms with E-state index < -0.39 is 36.4 Å². The van der Waals surface area contributed by atoms with Gasteiger partial charge in [-0.1, -0.05) is 24.3 Å². The van der Waals surface area contributed by atoms with Crippen LogP contribution in [0.3, 0.4) is 0 Å². The molecular weight excluding hydrogens is 412 g/mol. The number of fused-ring (bicyclic) bond motifs is 1. The number of nitrogen functional groups attached to an aromatic ring is 2. The normalized spacial score (nSPS) is 24.6. The van der Waals surface area contributed by atoms with Gasteiger partial charge in [-0.25, -0.2) is 9.59 Å². The molecule has 0 aliphatic carbocycles. The highest BCUT2D eigenvalue weighted by Crippen LogP contribution is 2.31. The standard InChI is InChI=1S/C24H24N2O6/c25-17-7-1-15(2-8-17)5-11-21(27)31-19-13-29-24-20(14-30-23(19)24)32-22(28)12-6-16-3-9-18(26)10-4-16/h1-12,19-20,23-24H,13-14,25-26H2/b11-5+,12-6+/t19-,20+,23-,24-/m1/s1. The number of benzene rings is 2. The van der Waals surface area contributed by atoms with Crippen LogP contribution in [-0.2, 0) is 28.5 Å². The molecule has 0 spiro atoms. The molecule has 0 radical (unpaired) electrons. The molecule has 2 heterocycles. The summed E-state index contributed by atoms with van der Waals surface area (Å²) in [6, 6.07) is 14.2. The van der Waals surface area contributed by atoms with E-state index in [1.807, 2.05) is 0 Å². The van der Waals surface area contributed by atoms with Crippen molar-refractivity contribution in [1.82, 2.24) is 0 Å². The predicted octanol–water partition coefficient (Wildman–Crippen LogP) is 2.20. The third-order valence-corrected chi connectivity index (χ3v) is 5.19. The van der Waals surface area contributed by atoms with Crippen LogP contribution in [0.1, 0.15) is 11.1 Å². The van der Waals surface area contributed by atoms with Crippen molar-refractivity contribution in [2.75, 3.05) is 24.7 Å². The van der Waals surface area contributed by atoms with Crippen LogP contribution in [0.25, 0.3) is 12.2 Å². The molecule has 4 atom stereocenters. The fourth-order valence-electron chi connectivity index (χ4n) is 3.55. The van der Waals surface area contributed by atoms with Gasteiger partial charge in [-0.15, -0.1) is 0 Å². The van der Waals surface area contributed by atoms with Crippen LogP contribution in [0, 0.1) is 0 Å². The van der Waals surface area contributed by atoms with Crippen LogP contribution in [-0.4, -0.2) is 49.6 Å². The molecule has 0 aromatic heterocycles. The number of hydrogen-bond acceptors (Lipinski definition) is 8. The Kier molecular flexibility index (Phi) is 6.53. The summed E-state index contributed by atoms with van der Waals surface area (Å²) in [5.74, 6) is -1.02. The minimum absolute atomic E-state index is 0.173. The number of anilines is 2. The van der Waals surface area contributed by atoms with Gasteiger partial charge in [0.1, 0.15) is 12.2 Å². The van der Waals surface area contributed by atoms with Crippen LogP contribution in [0.2, 0.25) is 0 Å². The Morgan fingerprint density at radius 3 is 1.47 bits per heavy atom. The molecule has 2 saturated heterocycles. The van der Waals surface area contributed by atoms with E-state index in [4.69, 9.17) is 30.4 Å². The summed E-state index contributed by atoms with van der Waals surface area (Å²) in [6.45, 7) is 0.345. The summed E-state index contributed by atoms with van der Waals surface area (Å²) in [5, 5.41) is 0. The van der Waals surface area contributed by atoms with Gasteiger partial charge in [0.25, 0.3) is 0 Å². The van der Waals surface area contributed by atoms with Crippen LogP contribution in [0.5, 0.6) is 0 Å². The number of carbonyl (C=O) groups excluding carboxylic acids is 2. The Hall–Kier alpha value is -3.62. The lowest BCUT2D eigenvalue weighted by Gasteiger charge is -2.16. The minimum atomic E-state index is -0.572. The van der Waals surface area contributed by atoms with Crippen LogP contribution < -0.4 is 11.5 Å². The second-order valence-corrected chi connectivity index (χ2v) is 7.55. The quantitative estimate of drug-likeness (QED) is 0.401. The molecule has 2 aliphatic rings. The summed E-state index contributed by atoms with van der Waals surface area (Å²) in [6.07, 6.45) is 3.85. The van der Waals surface area contributed by atoms with E-state index in [0.717, 1.165) is 11.1 Å². The second-order valence-electron chi connectivity index (χ2n) is 7.55. The lowest BCUT2D eigenvalue weighted by molar-refractivity contribution is -0.149. The molecule has 32 heavy (non-hydrogen) atoms. The SMILES string of the molecule is Nc1ccc(/C=C/C(=O)O[C@H]2CO[C@H]3[C@@H]2OC[C@H]3OC(=O)/C=C/c2ccc(N)cc2)cc1. The van der Waals surface area contributed by atoms with E-state index in [0.29, 0.717) is 11.4 Å². The van der Waals surface area contributed by atoms with Crippen LogP contribution in [0.4, 0.5) is 11.4 Å². The molecule has 8 heteroatoms. The third-order valence-electron chi connectivity index (χ3n) is 5.19. The Labute approximate surface area is 185 Å².